The number of amides is 1. The quantitative estimate of drug-likeness (QED) is 0.902. The maximum Gasteiger partial charge on any atom is 0.240 e. The summed E-state index contributed by atoms with van der Waals surface area (Å²) in [6.45, 7) is 3.55. The van der Waals surface area contributed by atoms with Crippen molar-refractivity contribution < 1.29 is 13.2 Å². The molecule has 1 aromatic carbocycles. The minimum absolute atomic E-state index is 0.166. The highest BCUT2D eigenvalue weighted by Crippen LogP contribution is 2.26. The van der Waals surface area contributed by atoms with Gasteiger partial charge >= 0.3 is 0 Å². The summed E-state index contributed by atoms with van der Waals surface area (Å²) in [5.74, 6) is -0.236. The lowest BCUT2D eigenvalue weighted by molar-refractivity contribution is -0.120. The van der Waals surface area contributed by atoms with Crippen molar-refractivity contribution in [2.24, 2.45) is 0 Å². The number of anilines is 1. The molecule has 0 saturated heterocycles. The number of sulfonamides is 1. The van der Waals surface area contributed by atoms with E-state index in [1.54, 1.807) is 0 Å². The lowest BCUT2D eigenvalue weighted by atomic mass is 10.1. The smallest absolute Gasteiger partial charge is 0.240 e. The maximum absolute atomic E-state index is 12.2. The third-order valence-corrected chi connectivity index (χ3v) is 5.21. The number of hydrogen-bond acceptors (Lipinski definition) is 3. The first kappa shape index (κ1) is 16.8. The molecule has 2 rings (SSSR count). The zero-order valence-electron chi connectivity index (χ0n) is 13.4. The molecule has 6 heteroatoms. The first-order valence-corrected chi connectivity index (χ1v) is 9.47. The summed E-state index contributed by atoms with van der Waals surface area (Å²) in [6.07, 6.45) is 5.35. The van der Waals surface area contributed by atoms with Gasteiger partial charge in [0.25, 0.3) is 0 Å². The van der Waals surface area contributed by atoms with Gasteiger partial charge in [0.05, 0.1) is 11.9 Å². The standard InChI is InChI=1S/C16H24N2O3S/c1-12-7-6-8-13(2)16(12)18(22(3,20)21)11-15(19)17-14-9-4-5-10-14/h6-8,14H,4-5,9-11H2,1-3H3,(H,17,19). The van der Waals surface area contributed by atoms with Gasteiger partial charge in [-0.3, -0.25) is 9.10 Å². The van der Waals surface area contributed by atoms with Gasteiger partial charge in [-0.05, 0) is 37.8 Å². The van der Waals surface area contributed by atoms with E-state index in [9.17, 15) is 13.2 Å². The number of nitrogens with one attached hydrogen (secondary N) is 1. The molecule has 1 amide bonds. The molecule has 0 aromatic heterocycles. The van der Waals surface area contributed by atoms with Gasteiger partial charge in [-0.1, -0.05) is 31.0 Å². The normalized spacial score (nSPS) is 15.8. The van der Waals surface area contributed by atoms with E-state index in [1.807, 2.05) is 32.0 Å². The van der Waals surface area contributed by atoms with Gasteiger partial charge in [-0.25, -0.2) is 8.42 Å². The molecular weight excluding hydrogens is 300 g/mol. The third kappa shape index (κ3) is 4.00. The van der Waals surface area contributed by atoms with Crippen molar-refractivity contribution in [1.29, 1.82) is 0 Å². The Kier molecular flexibility index (Phi) is 5.11. The van der Waals surface area contributed by atoms with E-state index in [2.05, 4.69) is 5.32 Å². The fourth-order valence-electron chi connectivity index (χ4n) is 3.04. The highest BCUT2D eigenvalue weighted by atomic mass is 32.2. The van der Waals surface area contributed by atoms with Crippen molar-refractivity contribution in [2.75, 3.05) is 17.1 Å². The van der Waals surface area contributed by atoms with E-state index in [1.165, 1.54) is 4.31 Å². The van der Waals surface area contributed by atoms with Gasteiger partial charge in [-0.15, -0.1) is 0 Å². The van der Waals surface area contributed by atoms with Crippen LogP contribution in [0.25, 0.3) is 0 Å². The monoisotopic (exact) mass is 324 g/mol. The van der Waals surface area contributed by atoms with Crippen LogP contribution in [0.2, 0.25) is 0 Å². The summed E-state index contributed by atoms with van der Waals surface area (Å²) < 4.78 is 25.5. The molecule has 0 aliphatic heterocycles. The molecule has 0 spiro atoms. The van der Waals surface area contributed by atoms with E-state index >= 15 is 0 Å². The molecule has 1 aromatic rings. The first-order chi connectivity index (χ1) is 10.3. The number of carbonyl (C=O) groups is 1. The average molecular weight is 324 g/mol. The fourth-order valence-corrected chi connectivity index (χ4v) is 4.01. The number of hydrogen-bond donors (Lipinski definition) is 1. The zero-order chi connectivity index (χ0) is 16.3. The van der Waals surface area contributed by atoms with Crippen LogP contribution in [0.4, 0.5) is 5.69 Å². The summed E-state index contributed by atoms with van der Waals surface area (Å²) in [6, 6.07) is 5.78. The molecule has 0 bridgehead atoms. The number of nitrogens with zero attached hydrogens (tertiary/aromatic N) is 1. The molecule has 0 radical (unpaired) electrons. The molecule has 1 fully saturated rings. The summed E-state index contributed by atoms with van der Waals surface area (Å²) in [7, 11) is -3.52. The zero-order valence-corrected chi connectivity index (χ0v) is 14.2. The highest BCUT2D eigenvalue weighted by Gasteiger charge is 2.25. The topological polar surface area (TPSA) is 66.5 Å². The van der Waals surface area contributed by atoms with Crippen LogP contribution in [0.1, 0.15) is 36.8 Å². The largest absolute Gasteiger partial charge is 0.352 e. The van der Waals surface area contributed by atoms with Gasteiger partial charge < -0.3 is 5.32 Å². The van der Waals surface area contributed by atoms with Gasteiger partial charge in [0.2, 0.25) is 15.9 Å². The van der Waals surface area contributed by atoms with Crippen molar-refractivity contribution in [2.45, 2.75) is 45.6 Å². The summed E-state index contributed by atoms with van der Waals surface area (Å²) in [4.78, 5) is 12.2. The van der Waals surface area contributed by atoms with Crippen LogP contribution in [-0.2, 0) is 14.8 Å². The Morgan fingerprint density at radius 3 is 2.27 bits per heavy atom. The number of benzene rings is 1. The van der Waals surface area contributed by atoms with Crippen molar-refractivity contribution in [3.8, 4) is 0 Å². The Balaban J connectivity index is 2.22. The second-order valence-electron chi connectivity index (χ2n) is 6.06. The predicted octanol–water partition coefficient (Wildman–Crippen LogP) is 2.13. The summed E-state index contributed by atoms with van der Waals surface area (Å²) in [5, 5.41) is 2.95. The molecule has 0 unspecified atom stereocenters. The Morgan fingerprint density at radius 1 is 1.23 bits per heavy atom. The average Bonchev–Trinajstić information content (AvgIpc) is 2.89. The van der Waals surface area contributed by atoms with Crippen LogP contribution in [-0.4, -0.2) is 33.2 Å². The van der Waals surface area contributed by atoms with Crippen molar-refractivity contribution in [1.82, 2.24) is 5.32 Å². The molecule has 1 aliphatic rings. The Morgan fingerprint density at radius 2 is 1.77 bits per heavy atom. The number of carbonyl (C=O) groups excluding carboxylic acids is 1. The number of rotatable bonds is 5. The minimum Gasteiger partial charge on any atom is -0.352 e. The molecule has 5 nitrogen and oxygen atoms in total. The molecule has 0 heterocycles. The van der Waals surface area contributed by atoms with Crippen LogP contribution in [0.15, 0.2) is 18.2 Å². The van der Waals surface area contributed by atoms with Gasteiger partial charge in [-0.2, -0.15) is 0 Å². The van der Waals surface area contributed by atoms with Crippen molar-refractivity contribution >= 4 is 21.6 Å². The molecular formula is C16H24N2O3S. The maximum atomic E-state index is 12.2. The third-order valence-electron chi connectivity index (χ3n) is 4.10. The van der Waals surface area contributed by atoms with E-state index in [0.717, 1.165) is 43.1 Å². The van der Waals surface area contributed by atoms with Crippen LogP contribution < -0.4 is 9.62 Å². The molecule has 1 N–H and O–H groups in total. The molecule has 1 saturated carbocycles. The highest BCUT2D eigenvalue weighted by molar-refractivity contribution is 7.92. The summed E-state index contributed by atoms with van der Waals surface area (Å²) >= 11 is 0. The number of para-hydroxylation sites is 1. The van der Waals surface area contributed by atoms with Crippen LogP contribution >= 0.6 is 0 Å². The minimum atomic E-state index is -3.52. The van der Waals surface area contributed by atoms with Gasteiger partial charge in [0, 0.05) is 6.04 Å². The van der Waals surface area contributed by atoms with E-state index in [4.69, 9.17) is 0 Å². The van der Waals surface area contributed by atoms with Crippen LogP contribution in [0, 0.1) is 13.8 Å². The molecule has 1 aliphatic carbocycles. The molecule has 122 valence electrons. The SMILES string of the molecule is Cc1cccc(C)c1N(CC(=O)NC1CCCC1)S(C)(=O)=O. The van der Waals surface area contributed by atoms with E-state index < -0.39 is 10.0 Å². The lowest BCUT2D eigenvalue weighted by Gasteiger charge is -2.26. The van der Waals surface area contributed by atoms with Crippen molar-refractivity contribution in [3.63, 3.8) is 0 Å². The molecule has 0 atom stereocenters. The second-order valence-corrected chi connectivity index (χ2v) is 7.97. The lowest BCUT2D eigenvalue weighted by Crippen LogP contribution is -2.43. The Labute approximate surface area is 132 Å². The van der Waals surface area contributed by atoms with E-state index in [0.29, 0.717) is 5.69 Å². The number of aryl methyl sites for hydroxylation is 2. The Bertz CT molecular complexity index is 629. The first-order valence-electron chi connectivity index (χ1n) is 7.62. The van der Waals surface area contributed by atoms with Crippen LogP contribution in [0.5, 0.6) is 0 Å². The van der Waals surface area contributed by atoms with E-state index in [-0.39, 0.29) is 18.5 Å². The van der Waals surface area contributed by atoms with Crippen LogP contribution in [0.3, 0.4) is 0 Å². The summed E-state index contributed by atoms with van der Waals surface area (Å²) in [5.41, 5.74) is 2.30. The fraction of sp³-hybridized carbons (Fsp3) is 0.562. The van der Waals surface area contributed by atoms with Gasteiger partial charge in [0.15, 0.2) is 0 Å². The Hall–Kier alpha value is -1.56. The predicted molar refractivity (Wildman–Crippen MR) is 88.5 cm³/mol. The second kappa shape index (κ2) is 6.69. The van der Waals surface area contributed by atoms with Crippen molar-refractivity contribution in [3.05, 3.63) is 29.3 Å². The molecule has 22 heavy (non-hydrogen) atoms. The van der Waals surface area contributed by atoms with Gasteiger partial charge in [0.1, 0.15) is 6.54 Å².